The predicted octanol–water partition coefficient (Wildman–Crippen LogP) is 1.92. The Morgan fingerprint density at radius 1 is 0.949 bits per heavy atom. The number of H-pyrrole nitrogens is 1. The van der Waals surface area contributed by atoms with Gasteiger partial charge in [0.05, 0.1) is 13.2 Å². The Bertz CT molecular complexity index is 1580. The van der Waals surface area contributed by atoms with E-state index in [0.717, 1.165) is 25.8 Å². The summed E-state index contributed by atoms with van der Waals surface area (Å²) >= 11 is 0. The van der Waals surface area contributed by atoms with Gasteiger partial charge in [0, 0.05) is 13.7 Å². The molecule has 4 rings (SSSR count). The first kappa shape index (κ1) is 27.1. The maximum atomic E-state index is 13.1. The van der Waals surface area contributed by atoms with Gasteiger partial charge in [0.1, 0.15) is 11.6 Å². The number of fused-ring (bicyclic) bond motifs is 1. The van der Waals surface area contributed by atoms with Gasteiger partial charge in [-0.05, 0) is 28.5 Å². The summed E-state index contributed by atoms with van der Waals surface area (Å²) in [4.78, 5) is 53.9. The van der Waals surface area contributed by atoms with Crippen molar-refractivity contribution in [2.24, 2.45) is 0 Å². The van der Waals surface area contributed by atoms with Gasteiger partial charge in [-0.15, -0.1) is 0 Å². The molecule has 0 spiro atoms. The van der Waals surface area contributed by atoms with E-state index in [2.05, 4.69) is 4.98 Å². The molecule has 0 saturated heterocycles. The van der Waals surface area contributed by atoms with E-state index in [-0.39, 0.29) is 31.2 Å². The van der Waals surface area contributed by atoms with Gasteiger partial charge in [-0.1, -0.05) is 60.7 Å². The Labute approximate surface area is 223 Å². The van der Waals surface area contributed by atoms with Crippen molar-refractivity contribution in [1.29, 1.82) is 0 Å². The van der Waals surface area contributed by atoms with Crippen LogP contribution in [-0.2, 0) is 25.6 Å². The van der Waals surface area contributed by atoms with Crippen LogP contribution >= 0.6 is 0 Å². The number of rotatable bonds is 11. The normalized spacial score (nSPS) is 10.8. The maximum Gasteiger partial charge on any atom is 0.344 e. The highest BCUT2D eigenvalue weighted by Crippen LogP contribution is 2.21. The number of hydrogen-bond acceptors (Lipinski definition) is 8. The van der Waals surface area contributed by atoms with Gasteiger partial charge in [0.2, 0.25) is 0 Å². The van der Waals surface area contributed by atoms with Crippen LogP contribution in [0.4, 0.5) is 11.5 Å². The number of aromatic amines is 1. The Hall–Kier alpha value is -4.90. The SMILES string of the molecule is COCCN(C(=O)COC(=O)COc1ccc2ccccc2c1)c1c(N)n(Cc2ccccc2)c(=O)[nH]c1=O. The van der Waals surface area contributed by atoms with Crippen LogP contribution < -0.4 is 26.6 Å². The van der Waals surface area contributed by atoms with Crippen molar-refractivity contribution in [2.75, 3.05) is 44.1 Å². The average Bonchev–Trinajstić information content (AvgIpc) is 2.95. The molecule has 0 aliphatic heterocycles. The number of amides is 1. The third-order valence-corrected chi connectivity index (χ3v) is 5.92. The van der Waals surface area contributed by atoms with E-state index in [1.807, 2.05) is 36.4 Å². The van der Waals surface area contributed by atoms with Gasteiger partial charge in [-0.25, -0.2) is 9.59 Å². The molecule has 0 unspecified atom stereocenters. The van der Waals surface area contributed by atoms with Crippen molar-refractivity contribution < 1.29 is 23.8 Å². The van der Waals surface area contributed by atoms with Crippen LogP contribution in [0.5, 0.6) is 5.75 Å². The first-order valence-electron chi connectivity index (χ1n) is 12.1. The summed E-state index contributed by atoms with van der Waals surface area (Å²) in [6.07, 6.45) is 0. The summed E-state index contributed by atoms with van der Waals surface area (Å²) in [7, 11) is 1.43. The lowest BCUT2D eigenvalue weighted by Gasteiger charge is -2.24. The third kappa shape index (κ3) is 6.70. The number of nitrogens with two attached hydrogens (primary N) is 1. The molecule has 1 heterocycles. The van der Waals surface area contributed by atoms with Gasteiger partial charge in [-0.2, -0.15) is 0 Å². The number of nitrogens with zero attached hydrogens (tertiary/aromatic N) is 2. The van der Waals surface area contributed by atoms with Crippen LogP contribution in [0.15, 0.2) is 82.4 Å². The van der Waals surface area contributed by atoms with Crippen LogP contribution in [0.25, 0.3) is 10.8 Å². The van der Waals surface area contributed by atoms with E-state index in [1.165, 1.54) is 7.11 Å². The molecular formula is C28H28N4O7. The standard InChI is InChI=1S/C28H28N4O7/c1-37-14-13-31(25-26(29)32(28(36)30-27(25)35)16-19-7-3-2-4-8-19)23(33)17-39-24(34)18-38-22-12-11-20-9-5-6-10-21(20)15-22/h2-12,15H,13-14,16-18,29H2,1H3,(H,30,35,36). The zero-order chi connectivity index (χ0) is 27.8. The lowest BCUT2D eigenvalue weighted by atomic mass is 10.1. The lowest BCUT2D eigenvalue weighted by molar-refractivity contribution is -0.149. The number of benzene rings is 3. The number of anilines is 2. The molecule has 0 aliphatic carbocycles. The lowest BCUT2D eigenvalue weighted by Crippen LogP contribution is -2.44. The average molecular weight is 533 g/mol. The summed E-state index contributed by atoms with van der Waals surface area (Å²) in [6.45, 7) is -1.05. The molecule has 11 nitrogen and oxygen atoms in total. The maximum absolute atomic E-state index is 13.1. The summed E-state index contributed by atoms with van der Waals surface area (Å²) in [6, 6.07) is 22.1. The van der Waals surface area contributed by atoms with Crippen molar-refractivity contribution in [2.45, 2.75) is 6.54 Å². The Kier molecular flexibility index (Phi) is 8.75. The molecule has 1 amide bonds. The third-order valence-electron chi connectivity index (χ3n) is 5.92. The molecule has 1 aromatic heterocycles. The minimum atomic E-state index is -0.850. The number of carbonyl (C=O) groups is 2. The van der Waals surface area contributed by atoms with Crippen LogP contribution in [-0.4, -0.2) is 54.9 Å². The number of carbonyl (C=O) groups excluding carboxylic acids is 2. The smallest absolute Gasteiger partial charge is 0.344 e. The van der Waals surface area contributed by atoms with Crippen molar-refractivity contribution >= 4 is 34.2 Å². The molecule has 3 N–H and O–H groups in total. The van der Waals surface area contributed by atoms with Crippen LogP contribution in [0, 0.1) is 0 Å². The summed E-state index contributed by atoms with van der Waals surface area (Å²) in [5.74, 6) is -1.24. The second-order valence-electron chi connectivity index (χ2n) is 8.56. The minimum absolute atomic E-state index is 0.0570. The number of ether oxygens (including phenoxy) is 3. The van der Waals surface area contributed by atoms with Crippen molar-refractivity contribution in [3.05, 3.63) is 99.2 Å². The number of hydrogen-bond donors (Lipinski definition) is 2. The van der Waals surface area contributed by atoms with Gasteiger partial charge in [-0.3, -0.25) is 24.0 Å². The van der Waals surface area contributed by atoms with E-state index in [0.29, 0.717) is 5.75 Å². The monoisotopic (exact) mass is 532 g/mol. The molecule has 0 radical (unpaired) electrons. The molecule has 0 saturated carbocycles. The molecule has 11 heteroatoms. The molecule has 0 fully saturated rings. The second-order valence-corrected chi connectivity index (χ2v) is 8.56. The first-order valence-corrected chi connectivity index (χ1v) is 12.1. The summed E-state index contributed by atoms with van der Waals surface area (Å²) in [5.41, 5.74) is 5.18. The number of aromatic nitrogens is 2. The van der Waals surface area contributed by atoms with Gasteiger partial charge >= 0.3 is 11.7 Å². The van der Waals surface area contributed by atoms with Gasteiger partial charge in [0.15, 0.2) is 18.9 Å². The highest BCUT2D eigenvalue weighted by molar-refractivity contribution is 5.97. The van der Waals surface area contributed by atoms with E-state index >= 15 is 0 Å². The Balaban J connectivity index is 1.46. The molecule has 4 aromatic rings. The molecule has 0 bridgehead atoms. The van der Waals surface area contributed by atoms with Gasteiger partial charge < -0.3 is 19.9 Å². The molecule has 39 heavy (non-hydrogen) atoms. The fraction of sp³-hybridized carbons (Fsp3) is 0.214. The fourth-order valence-corrected chi connectivity index (χ4v) is 3.97. The minimum Gasteiger partial charge on any atom is -0.482 e. The van der Waals surface area contributed by atoms with Crippen molar-refractivity contribution in [1.82, 2.24) is 9.55 Å². The van der Waals surface area contributed by atoms with E-state index in [4.69, 9.17) is 19.9 Å². The van der Waals surface area contributed by atoms with E-state index in [9.17, 15) is 19.2 Å². The summed E-state index contributed by atoms with van der Waals surface area (Å²) < 4.78 is 16.8. The zero-order valence-electron chi connectivity index (χ0n) is 21.3. The molecule has 0 aliphatic rings. The quantitative estimate of drug-likeness (QED) is 0.279. The Morgan fingerprint density at radius 2 is 1.67 bits per heavy atom. The number of nitrogens with one attached hydrogen (secondary N) is 1. The topological polar surface area (TPSA) is 146 Å². The van der Waals surface area contributed by atoms with Gasteiger partial charge in [0.25, 0.3) is 11.5 Å². The number of esters is 1. The van der Waals surface area contributed by atoms with Crippen LogP contribution in [0.1, 0.15) is 5.56 Å². The fourth-order valence-electron chi connectivity index (χ4n) is 3.97. The largest absolute Gasteiger partial charge is 0.482 e. The summed E-state index contributed by atoms with van der Waals surface area (Å²) in [5, 5.41) is 1.97. The zero-order valence-corrected chi connectivity index (χ0v) is 21.3. The van der Waals surface area contributed by atoms with E-state index < -0.39 is 36.3 Å². The number of nitrogen functional groups attached to an aromatic ring is 1. The number of methoxy groups -OCH3 is 1. The molecule has 202 valence electrons. The van der Waals surface area contributed by atoms with Crippen molar-refractivity contribution in [3.63, 3.8) is 0 Å². The highest BCUT2D eigenvalue weighted by Gasteiger charge is 2.25. The van der Waals surface area contributed by atoms with Crippen molar-refractivity contribution in [3.8, 4) is 5.75 Å². The molecular weight excluding hydrogens is 504 g/mol. The Morgan fingerprint density at radius 3 is 2.41 bits per heavy atom. The predicted molar refractivity (Wildman–Crippen MR) is 146 cm³/mol. The highest BCUT2D eigenvalue weighted by atomic mass is 16.6. The second kappa shape index (κ2) is 12.6. The van der Waals surface area contributed by atoms with Crippen LogP contribution in [0.3, 0.4) is 0 Å². The molecule has 3 aromatic carbocycles. The van der Waals surface area contributed by atoms with Crippen LogP contribution in [0.2, 0.25) is 0 Å². The van der Waals surface area contributed by atoms with E-state index in [1.54, 1.807) is 36.4 Å². The molecule has 0 atom stereocenters. The first-order chi connectivity index (χ1) is 18.9.